The zero-order valence-electron chi connectivity index (χ0n) is 12.0. The minimum Gasteiger partial charge on any atom is -0.322 e. The molecule has 21 heavy (non-hydrogen) atoms. The molecule has 0 radical (unpaired) electrons. The summed E-state index contributed by atoms with van der Waals surface area (Å²) in [6.45, 7) is 4.36. The first-order valence-electron chi connectivity index (χ1n) is 6.87. The highest BCUT2D eigenvalue weighted by atomic mass is 79.9. The quantitative estimate of drug-likeness (QED) is 0.720. The third kappa shape index (κ3) is 4.08. The van der Waals surface area contributed by atoms with E-state index >= 15 is 0 Å². The van der Waals surface area contributed by atoms with Gasteiger partial charge in [0.25, 0.3) is 5.91 Å². The molecule has 4 heteroatoms. The summed E-state index contributed by atoms with van der Waals surface area (Å²) in [5.41, 5.74) is 2.63. The standard InChI is InChI=1S/C17H17BrClNO/c1-3-11(2)12-4-7-14(8-5-12)20-17(21)15-9-6-13(19)10-16(15)18/h4-11H,3H2,1-2H3,(H,20,21). The molecule has 2 rings (SSSR count). The van der Waals surface area contributed by atoms with Crippen molar-refractivity contribution in [3.63, 3.8) is 0 Å². The van der Waals surface area contributed by atoms with E-state index in [4.69, 9.17) is 11.6 Å². The average molecular weight is 367 g/mol. The number of hydrogen-bond donors (Lipinski definition) is 1. The van der Waals surface area contributed by atoms with E-state index in [1.54, 1.807) is 18.2 Å². The molecule has 0 heterocycles. The SMILES string of the molecule is CCC(C)c1ccc(NC(=O)c2ccc(Cl)cc2Br)cc1. The van der Waals surface area contributed by atoms with Crippen molar-refractivity contribution in [3.05, 3.63) is 63.1 Å². The van der Waals surface area contributed by atoms with E-state index in [0.717, 1.165) is 12.1 Å². The molecule has 1 atom stereocenters. The third-order valence-corrected chi connectivity index (χ3v) is 4.42. The number of benzene rings is 2. The van der Waals surface area contributed by atoms with E-state index in [1.807, 2.05) is 12.1 Å². The number of hydrogen-bond acceptors (Lipinski definition) is 1. The molecule has 1 amide bonds. The molecule has 2 nitrogen and oxygen atoms in total. The topological polar surface area (TPSA) is 29.1 Å². The highest BCUT2D eigenvalue weighted by molar-refractivity contribution is 9.10. The molecule has 0 aliphatic carbocycles. The van der Waals surface area contributed by atoms with Crippen LogP contribution in [0.15, 0.2) is 46.9 Å². The fraction of sp³-hybridized carbons (Fsp3) is 0.235. The van der Waals surface area contributed by atoms with E-state index in [9.17, 15) is 4.79 Å². The van der Waals surface area contributed by atoms with Gasteiger partial charge in [0.1, 0.15) is 0 Å². The molecular weight excluding hydrogens is 350 g/mol. The van der Waals surface area contributed by atoms with Gasteiger partial charge < -0.3 is 5.32 Å². The molecule has 1 N–H and O–H groups in total. The van der Waals surface area contributed by atoms with Gasteiger partial charge in [-0.2, -0.15) is 0 Å². The first-order chi connectivity index (χ1) is 10.0. The molecule has 110 valence electrons. The minimum absolute atomic E-state index is 0.158. The Morgan fingerprint density at radius 3 is 2.48 bits per heavy atom. The second-order valence-electron chi connectivity index (χ2n) is 5.01. The summed E-state index contributed by atoms with van der Waals surface area (Å²) in [4.78, 5) is 12.2. The summed E-state index contributed by atoms with van der Waals surface area (Å²) in [6, 6.07) is 13.1. The molecule has 1 unspecified atom stereocenters. The van der Waals surface area contributed by atoms with Crippen molar-refractivity contribution in [3.8, 4) is 0 Å². The molecule has 0 saturated carbocycles. The summed E-state index contributed by atoms with van der Waals surface area (Å²) >= 11 is 9.24. The van der Waals surface area contributed by atoms with Gasteiger partial charge in [-0.25, -0.2) is 0 Å². The maximum atomic E-state index is 12.2. The summed E-state index contributed by atoms with van der Waals surface area (Å²) < 4.78 is 0.684. The van der Waals surface area contributed by atoms with Gasteiger partial charge in [-0.15, -0.1) is 0 Å². The summed E-state index contributed by atoms with van der Waals surface area (Å²) in [7, 11) is 0. The first kappa shape index (κ1) is 16.1. The van der Waals surface area contributed by atoms with Gasteiger partial charge in [0.15, 0.2) is 0 Å². The summed E-state index contributed by atoms with van der Waals surface area (Å²) in [6.07, 6.45) is 1.10. The fourth-order valence-electron chi connectivity index (χ4n) is 2.00. The number of carbonyl (C=O) groups excluding carboxylic acids is 1. The van der Waals surface area contributed by atoms with Crippen LogP contribution in [-0.4, -0.2) is 5.91 Å². The van der Waals surface area contributed by atoms with Gasteiger partial charge in [0.05, 0.1) is 5.56 Å². The van der Waals surface area contributed by atoms with Crippen molar-refractivity contribution in [1.82, 2.24) is 0 Å². The van der Waals surface area contributed by atoms with E-state index in [0.29, 0.717) is 21.0 Å². The summed E-state index contributed by atoms with van der Waals surface area (Å²) in [5, 5.41) is 3.48. The zero-order valence-corrected chi connectivity index (χ0v) is 14.3. The van der Waals surface area contributed by atoms with Crippen molar-refractivity contribution >= 4 is 39.1 Å². The fourth-order valence-corrected chi connectivity index (χ4v) is 2.87. The third-order valence-electron chi connectivity index (χ3n) is 3.53. The van der Waals surface area contributed by atoms with E-state index in [2.05, 4.69) is 47.2 Å². The Morgan fingerprint density at radius 1 is 1.24 bits per heavy atom. The molecule has 2 aromatic carbocycles. The lowest BCUT2D eigenvalue weighted by Crippen LogP contribution is -2.12. The van der Waals surface area contributed by atoms with E-state index in [-0.39, 0.29) is 5.91 Å². The molecule has 0 saturated heterocycles. The molecule has 0 aromatic heterocycles. The first-order valence-corrected chi connectivity index (χ1v) is 8.04. The Labute approximate surface area is 138 Å². The van der Waals surface area contributed by atoms with Crippen LogP contribution in [0.25, 0.3) is 0 Å². The number of carbonyl (C=O) groups is 1. The average Bonchev–Trinajstić information content (AvgIpc) is 2.47. The second-order valence-corrected chi connectivity index (χ2v) is 6.30. The Bertz CT molecular complexity index is 640. The monoisotopic (exact) mass is 365 g/mol. The molecule has 0 fully saturated rings. The molecule has 2 aromatic rings. The Kier molecular flexibility index (Phi) is 5.43. The van der Waals surface area contributed by atoms with Gasteiger partial charge in [0.2, 0.25) is 0 Å². The molecule has 0 aliphatic heterocycles. The Morgan fingerprint density at radius 2 is 1.90 bits per heavy atom. The predicted octanol–water partition coefficient (Wildman–Crippen LogP) is 5.87. The smallest absolute Gasteiger partial charge is 0.256 e. The lowest BCUT2D eigenvalue weighted by Gasteiger charge is -2.11. The van der Waals surface area contributed by atoms with Gasteiger partial charge in [0, 0.05) is 15.2 Å². The van der Waals surface area contributed by atoms with Crippen molar-refractivity contribution < 1.29 is 4.79 Å². The normalized spacial score (nSPS) is 12.0. The Hall–Kier alpha value is -1.32. The maximum absolute atomic E-state index is 12.2. The highest BCUT2D eigenvalue weighted by Crippen LogP contribution is 2.24. The van der Waals surface area contributed by atoms with Crippen LogP contribution >= 0.6 is 27.5 Å². The van der Waals surface area contributed by atoms with Crippen LogP contribution in [0.1, 0.15) is 42.1 Å². The van der Waals surface area contributed by atoms with Crippen molar-refractivity contribution in [2.24, 2.45) is 0 Å². The highest BCUT2D eigenvalue weighted by Gasteiger charge is 2.11. The second kappa shape index (κ2) is 7.10. The number of nitrogens with one attached hydrogen (secondary N) is 1. The van der Waals surface area contributed by atoms with Crippen molar-refractivity contribution in [2.45, 2.75) is 26.2 Å². The van der Waals surface area contributed by atoms with Crippen LogP contribution in [-0.2, 0) is 0 Å². The molecular formula is C17H17BrClNO. The van der Waals surface area contributed by atoms with Crippen LogP contribution in [0, 0.1) is 0 Å². The van der Waals surface area contributed by atoms with E-state index < -0.39 is 0 Å². The summed E-state index contributed by atoms with van der Waals surface area (Å²) in [5.74, 6) is 0.370. The van der Waals surface area contributed by atoms with Gasteiger partial charge in [-0.05, 0) is 64.2 Å². The lowest BCUT2D eigenvalue weighted by atomic mass is 9.98. The van der Waals surface area contributed by atoms with Crippen LogP contribution < -0.4 is 5.32 Å². The van der Waals surface area contributed by atoms with Crippen LogP contribution in [0.4, 0.5) is 5.69 Å². The van der Waals surface area contributed by atoms with Crippen molar-refractivity contribution in [2.75, 3.05) is 5.32 Å². The Balaban J connectivity index is 2.12. The van der Waals surface area contributed by atoms with Crippen molar-refractivity contribution in [1.29, 1.82) is 0 Å². The molecule has 0 bridgehead atoms. The predicted molar refractivity (Wildman–Crippen MR) is 92.3 cm³/mol. The minimum atomic E-state index is -0.158. The number of rotatable bonds is 4. The van der Waals surface area contributed by atoms with Gasteiger partial charge in [-0.1, -0.05) is 37.6 Å². The number of halogens is 2. The number of amides is 1. The van der Waals surface area contributed by atoms with Crippen LogP contribution in [0.3, 0.4) is 0 Å². The lowest BCUT2D eigenvalue weighted by molar-refractivity contribution is 0.102. The number of anilines is 1. The largest absolute Gasteiger partial charge is 0.322 e. The maximum Gasteiger partial charge on any atom is 0.256 e. The zero-order chi connectivity index (χ0) is 15.4. The molecule has 0 aliphatic rings. The van der Waals surface area contributed by atoms with Gasteiger partial charge >= 0.3 is 0 Å². The van der Waals surface area contributed by atoms with E-state index in [1.165, 1.54) is 5.56 Å². The molecule has 0 spiro atoms. The van der Waals surface area contributed by atoms with Crippen LogP contribution in [0.2, 0.25) is 5.02 Å². The van der Waals surface area contributed by atoms with Gasteiger partial charge in [-0.3, -0.25) is 4.79 Å². The van der Waals surface area contributed by atoms with Crippen LogP contribution in [0.5, 0.6) is 0 Å².